The topological polar surface area (TPSA) is 74.7 Å². The Balaban J connectivity index is 2.10. The molecule has 3 rings (SSSR count). The van der Waals surface area contributed by atoms with Gasteiger partial charge in [-0.25, -0.2) is 4.79 Å². The van der Waals surface area contributed by atoms with Gasteiger partial charge in [-0.05, 0) is 56.4 Å². The number of piperidine rings is 1. The minimum Gasteiger partial charge on any atom is -0.478 e. The molecule has 1 aromatic carbocycles. The smallest absolute Gasteiger partial charge is 0.336 e. The van der Waals surface area contributed by atoms with Gasteiger partial charge in [-0.3, -0.25) is 14.5 Å². The maximum atomic E-state index is 12.4. The third-order valence-electron chi connectivity index (χ3n) is 4.71. The van der Waals surface area contributed by atoms with Crippen molar-refractivity contribution in [3.63, 3.8) is 0 Å². The van der Waals surface area contributed by atoms with E-state index < -0.39 is 5.97 Å². The van der Waals surface area contributed by atoms with Gasteiger partial charge in [0.05, 0.1) is 11.3 Å². The monoisotopic (exact) mass is 287 g/mol. The Morgan fingerprint density at radius 1 is 1.14 bits per heavy atom. The molecular formula is C16H17NO4. The van der Waals surface area contributed by atoms with E-state index in [0.717, 1.165) is 18.4 Å². The summed E-state index contributed by atoms with van der Waals surface area (Å²) >= 11 is 0. The molecule has 110 valence electrons. The number of aromatic carboxylic acids is 1. The van der Waals surface area contributed by atoms with Crippen molar-refractivity contribution in [2.75, 3.05) is 4.90 Å². The second-order valence-electron chi connectivity index (χ2n) is 5.96. The van der Waals surface area contributed by atoms with Crippen molar-refractivity contribution >= 4 is 23.5 Å². The summed E-state index contributed by atoms with van der Waals surface area (Å²) < 4.78 is 0. The molecule has 0 aromatic heterocycles. The Bertz CT molecular complexity index is 642. The molecule has 0 spiro atoms. The Hall–Kier alpha value is -2.17. The van der Waals surface area contributed by atoms with E-state index in [2.05, 4.69) is 0 Å². The molecule has 5 heteroatoms. The zero-order valence-corrected chi connectivity index (χ0v) is 12.0. The fourth-order valence-corrected chi connectivity index (χ4v) is 3.35. The molecule has 1 aromatic rings. The molecular weight excluding hydrogens is 270 g/mol. The van der Waals surface area contributed by atoms with Gasteiger partial charge in [0, 0.05) is 11.8 Å². The fraction of sp³-hybridized carbons (Fsp3) is 0.438. The van der Waals surface area contributed by atoms with Gasteiger partial charge in [0.25, 0.3) is 0 Å². The van der Waals surface area contributed by atoms with Gasteiger partial charge >= 0.3 is 5.97 Å². The molecule has 1 saturated carbocycles. The predicted octanol–water partition coefficient (Wildman–Crippen LogP) is 2.29. The molecule has 2 atom stereocenters. The number of carbonyl (C=O) groups is 3. The van der Waals surface area contributed by atoms with Crippen LogP contribution in [0.2, 0.25) is 0 Å². The molecule has 1 heterocycles. The van der Waals surface area contributed by atoms with Crippen LogP contribution in [0.25, 0.3) is 0 Å². The van der Waals surface area contributed by atoms with Gasteiger partial charge in [-0.15, -0.1) is 0 Å². The summed E-state index contributed by atoms with van der Waals surface area (Å²) in [6.07, 6.45) is 2.15. The van der Waals surface area contributed by atoms with E-state index in [-0.39, 0.29) is 29.2 Å². The average Bonchev–Trinajstić information content (AvgIpc) is 2.87. The molecule has 2 fully saturated rings. The zero-order valence-electron chi connectivity index (χ0n) is 12.0. The largest absolute Gasteiger partial charge is 0.478 e. The molecule has 2 aliphatic rings. The van der Waals surface area contributed by atoms with E-state index in [9.17, 15) is 19.5 Å². The van der Waals surface area contributed by atoms with E-state index in [1.807, 2.05) is 0 Å². The lowest BCUT2D eigenvalue weighted by atomic mass is 9.95. The number of nitrogens with zero attached hydrogens (tertiary/aromatic N) is 1. The summed E-state index contributed by atoms with van der Waals surface area (Å²) in [6, 6.07) is 3.16. The van der Waals surface area contributed by atoms with Crippen molar-refractivity contribution in [1.29, 1.82) is 0 Å². The number of carboxylic acid groups (broad SMARTS) is 1. The second kappa shape index (κ2) is 4.69. The lowest BCUT2D eigenvalue weighted by Crippen LogP contribution is -2.46. The number of carboxylic acids is 1. The van der Waals surface area contributed by atoms with Crippen LogP contribution in [-0.2, 0) is 9.59 Å². The highest BCUT2D eigenvalue weighted by Gasteiger charge is 2.46. The quantitative estimate of drug-likeness (QED) is 0.847. The third-order valence-corrected chi connectivity index (χ3v) is 4.71. The van der Waals surface area contributed by atoms with Gasteiger partial charge < -0.3 is 5.11 Å². The summed E-state index contributed by atoms with van der Waals surface area (Å²) in [7, 11) is 0. The van der Waals surface area contributed by atoms with E-state index in [4.69, 9.17) is 0 Å². The summed E-state index contributed by atoms with van der Waals surface area (Å²) in [4.78, 5) is 37.4. The molecule has 1 saturated heterocycles. The number of carbonyl (C=O) groups excluding carboxylic acids is 2. The molecule has 1 aliphatic heterocycles. The van der Waals surface area contributed by atoms with Crippen LogP contribution in [0, 0.1) is 25.7 Å². The number of rotatable bonds is 2. The van der Waals surface area contributed by atoms with Gasteiger partial charge in [0.2, 0.25) is 11.8 Å². The highest BCUT2D eigenvalue weighted by atomic mass is 16.4. The van der Waals surface area contributed by atoms with Gasteiger partial charge in [0.1, 0.15) is 0 Å². The molecule has 1 aliphatic carbocycles. The fourth-order valence-electron chi connectivity index (χ4n) is 3.35. The molecule has 5 nitrogen and oxygen atoms in total. The summed E-state index contributed by atoms with van der Waals surface area (Å²) in [5.74, 6) is -1.61. The van der Waals surface area contributed by atoms with Crippen molar-refractivity contribution in [1.82, 2.24) is 0 Å². The van der Waals surface area contributed by atoms with Crippen molar-refractivity contribution in [2.45, 2.75) is 33.1 Å². The molecule has 0 radical (unpaired) electrons. The minimum atomic E-state index is -1.04. The standard InChI is InChI=1S/C16H17NO4/c1-8-5-12(7-13(9(8)2)16(20)21)17-14(18)10-3-4-11(6-10)15(17)19/h5,7,10-11H,3-4,6H2,1-2H3,(H,20,21). The molecule has 21 heavy (non-hydrogen) atoms. The minimum absolute atomic E-state index is 0.0948. The highest BCUT2D eigenvalue weighted by Crippen LogP contribution is 2.40. The van der Waals surface area contributed by atoms with Gasteiger partial charge in [-0.1, -0.05) is 0 Å². The van der Waals surface area contributed by atoms with Crippen molar-refractivity contribution < 1.29 is 19.5 Å². The molecule has 2 bridgehead atoms. The Morgan fingerprint density at radius 3 is 2.24 bits per heavy atom. The van der Waals surface area contributed by atoms with Gasteiger partial charge in [-0.2, -0.15) is 0 Å². The van der Waals surface area contributed by atoms with Crippen LogP contribution in [0.15, 0.2) is 12.1 Å². The molecule has 1 N–H and O–H groups in total. The van der Waals surface area contributed by atoms with Gasteiger partial charge in [0.15, 0.2) is 0 Å². The van der Waals surface area contributed by atoms with E-state index in [1.165, 1.54) is 11.0 Å². The third kappa shape index (κ3) is 2.04. The number of anilines is 1. The first-order chi connectivity index (χ1) is 9.90. The lowest BCUT2D eigenvalue weighted by molar-refractivity contribution is -0.133. The number of aryl methyl sites for hydroxylation is 1. The number of benzene rings is 1. The number of hydrogen-bond acceptors (Lipinski definition) is 3. The number of hydrogen-bond donors (Lipinski definition) is 1. The second-order valence-corrected chi connectivity index (χ2v) is 5.96. The first-order valence-electron chi connectivity index (χ1n) is 7.12. The van der Waals surface area contributed by atoms with Crippen LogP contribution in [0.5, 0.6) is 0 Å². The van der Waals surface area contributed by atoms with E-state index in [1.54, 1.807) is 19.9 Å². The van der Waals surface area contributed by atoms with Crippen molar-refractivity contribution in [2.24, 2.45) is 11.8 Å². The Labute approximate surface area is 122 Å². The van der Waals surface area contributed by atoms with Crippen LogP contribution < -0.4 is 4.90 Å². The van der Waals surface area contributed by atoms with Crippen LogP contribution in [-0.4, -0.2) is 22.9 Å². The lowest BCUT2D eigenvalue weighted by Gasteiger charge is -2.30. The number of imide groups is 1. The van der Waals surface area contributed by atoms with Crippen LogP contribution in [0.1, 0.15) is 40.7 Å². The number of amides is 2. The Morgan fingerprint density at radius 2 is 1.71 bits per heavy atom. The van der Waals surface area contributed by atoms with Crippen LogP contribution in [0.4, 0.5) is 5.69 Å². The predicted molar refractivity (Wildman–Crippen MR) is 76.2 cm³/mol. The number of fused-ring (bicyclic) bond motifs is 2. The normalized spacial score (nSPS) is 24.6. The first kappa shape index (κ1) is 13.8. The summed E-state index contributed by atoms with van der Waals surface area (Å²) in [6.45, 7) is 3.52. The molecule has 2 amide bonds. The van der Waals surface area contributed by atoms with E-state index >= 15 is 0 Å². The first-order valence-corrected chi connectivity index (χ1v) is 7.12. The van der Waals surface area contributed by atoms with Crippen LogP contribution in [0.3, 0.4) is 0 Å². The SMILES string of the molecule is Cc1cc(N2C(=O)C3CCC(C3)C2=O)cc(C(=O)O)c1C. The van der Waals surface area contributed by atoms with Crippen molar-refractivity contribution in [3.05, 3.63) is 28.8 Å². The molecule has 2 unspecified atom stereocenters. The average molecular weight is 287 g/mol. The van der Waals surface area contributed by atoms with Crippen LogP contribution >= 0.6 is 0 Å². The zero-order chi connectivity index (χ0) is 15.3. The van der Waals surface area contributed by atoms with E-state index in [0.29, 0.717) is 17.7 Å². The Kier molecular flexibility index (Phi) is 3.08. The van der Waals surface area contributed by atoms with Crippen molar-refractivity contribution in [3.8, 4) is 0 Å². The summed E-state index contributed by atoms with van der Waals surface area (Å²) in [5.41, 5.74) is 1.96. The maximum absolute atomic E-state index is 12.4. The summed E-state index contributed by atoms with van der Waals surface area (Å²) in [5, 5.41) is 9.27. The maximum Gasteiger partial charge on any atom is 0.336 e. The highest BCUT2D eigenvalue weighted by molar-refractivity contribution is 6.19.